The van der Waals surface area contributed by atoms with Gasteiger partial charge in [0.25, 0.3) is 11.6 Å². The van der Waals surface area contributed by atoms with E-state index in [2.05, 4.69) is 10.1 Å². The number of phenolic OH excluding ortho intramolecular Hbond substituents is 1. The number of phenols is 1. The first kappa shape index (κ1) is 20.1. The number of rotatable bonds is 5. The summed E-state index contributed by atoms with van der Waals surface area (Å²) >= 11 is 0. The lowest BCUT2D eigenvalue weighted by atomic mass is 10.1. The summed E-state index contributed by atoms with van der Waals surface area (Å²) in [6, 6.07) is 9.03. The fourth-order valence-electron chi connectivity index (χ4n) is 2.64. The van der Waals surface area contributed by atoms with Crippen molar-refractivity contribution in [2.24, 2.45) is 16.0 Å². The number of aliphatic imine (C=N–C) groups is 1. The molecule has 1 amide bonds. The van der Waals surface area contributed by atoms with Gasteiger partial charge >= 0.3 is 0 Å². The number of hydrogen-bond donors (Lipinski definition) is 1. The normalized spacial score (nSPS) is 17.0. The van der Waals surface area contributed by atoms with Gasteiger partial charge in [-0.2, -0.15) is 10.1 Å². The lowest BCUT2D eigenvalue weighted by Crippen LogP contribution is -2.27. The van der Waals surface area contributed by atoms with Gasteiger partial charge < -0.3 is 5.11 Å². The summed E-state index contributed by atoms with van der Waals surface area (Å²) in [5, 5.41) is 26.0. The molecule has 1 atom stereocenters. The molecule has 0 aromatic heterocycles. The minimum atomic E-state index is -3.49. The van der Waals surface area contributed by atoms with Crippen LogP contribution in [-0.2, 0) is 14.6 Å². The van der Waals surface area contributed by atoms with Gasteiger partial charge in [-0.3, -0.25) is 19.9 Å². The van der Waals surface area contributed by atoms with Gasteiger partial charge in [-0.15, -0.1) is 0 Å². The molecule has 11 heteroatoms. The average molecular weight is 416 g/mol. The highest BCUT2D eigenvalue weighted by Gasteiger charge is 2.33. The Morgan fingerprint density at radius 2 is 1.90 bits per heavy atom. The number of nitrogens with zero attached hydrogens (tertiary/aromatic N) is 4. The molecule has 0 spiro atoms. The van der Waals surface area contributed by atoms with Crippen molar-refractivity contribution in [3.8, 4) is 5.75 Å². The number of aromatic hydroxyl groups is 1. The topological polar surface area (TPSA) is 143 Å². The Labute approximate surface area is 165 Å². The summed E-state index contributed by atoms with van der Waals surface area (Å²) < 4.78 is 23.3. The molecule has 1 heterocycles. The van der Waals surface area contributed by atoms with Crippen molar-refractivity contribution in [2.45, 2.75) is 11.8 Å². The summed E-state index contributed by atoms with van der Waals surface area (Å²) in [4.78, 5) is 27.0. The Bertz CT molecular complexity index is 1160. The Balaban J connectivity index is 1.85. The SMILES string of the molecule is CC1=NN(c2ccc([N+](=O)[O-])cc2)C(=O)C1/C=N/c1cc(S(C)(=O)=O)ccc1O. The van der Waals surface area contributed by atoms with Gasteiger partial charge in [0, 0.05) is 24.6 Å². The standard InChI is InChI=1S/C18H16N4O6S/c1-11-15(10-19-16-9-14(29(2,27)28)7-8-17(16)23)18(24)21(20-11)12-3-5-13(6-4-12)22(25)26/h3-10,15,23H,1-2H3/b19-10+. The maximum Gasteiger partial charge on any atom is 0.269 e. The van der Waals surface area contributed by atoms with Crippen LogP contribution in [0.3, 0.4) is 0 Å². The van der Waals surface area contributed by atoms with Crippen LogP contribution in [0.25, 0.3) is 0 Å². The fraction of sp³-hybridized carbons (Fsp3) is 0.167. The highest BCUT2D eigenvalue weighted by atomic mass is 32.2. The molecule has 0 saturated carbocycles. The average Bonchev–Trinajstić information content (AvgIpc) is 2.94. The maximum absolute atomic E-state index is 12.7. The molecule has 0 bridgehead atoms. The summed E-state index contributed by atoms with van der Waals surface area (Å²) in [5.41, 5.74) is 0.677. The molecule has 3 rings (SSSR count). The second kappa shape index (κ2) is 7.43. The second-order valence-corrected chi connectivity index (χ2v) is 8.36. The van der Waals surface area contributed by atoms with Crippen molar-refractivity contribution >= 4 is 44.7 Å². The Kier molecular flexibility index (Phi) is 5.16. The van der Waals surface area contributed by atoms with Crippen molar-refractivity contribution in [3.05, 3.63) is 52.6 Å². The first-order valence-corrected chi connectivity index (χ1v) is 10.2. The van der Waals surface area contributed by atoms with Gasteiger partial charge in [0.2, 0.25) is 0 Å². The van der Waals surface area contributed by atoms with E-state index in [-0.39, 0.29) is 22.0 Å². The third-order valence-electron chi connectivity index (χ3n) is 4.23. The Hall–Kier alpha value is -3.60. The number of carbonyl (C=O) groups is 1. The van der Waals surface area contributed by atoms with E-state index in [1.54, 1.807) is 6.92 Å². The number of anilines is 1. The number of non-ortho nitro benzene ring substituents is 1. The van der Waals surface area contributed by atoms with E-state index in [9.17, 15) is 28.4 Å². The lowest BCUT2D eigenvalue weighted by molar-refractivity contribution is -0.384. The second-order valence-electron chi connectivity index (χ2n) is 6.34. The van der Waals surface area contributed by atoms with Crippen molar-refractivity contribution < 1.29 is 23.2 Å². The van der Waals surface area contributed by atoms with E-state index in [1.165, 1.54) is 48.7 Å². The number of nitro benzene ring substituents is 1. The molecule has 0 saturated heterocycles. The van der Waals surface area contributed by atoms with Crippen molar-refractivity contribution in [2.75, 3.05) is 11.3 Å². The number of sulfone groups is 1. The van der Waals surface area contributed by atoms with Crippen molar-refractivity contribution in [1.29, 1.82) is 0 Å². The Morgan fingerprint density at radius 3 is 2.48 bits per heavy atom. The van der Waals surface area contributed by atoms with Gasteiger partial charge in [0.1, 0.15) is 17.4 Å². The molecule has 1 unspecified atom stereocenters. The number of nitro groups is 1. The molecule has 10 nitrogen and oxygen atoms in total. The third kappa shape index (κ3) is 4.14. The molecular formula is C18H16N4O6S. The number of hydrogen-bond acceptors (Lipinski definition) is 8. The van der Waals surface area contributed by atoms with Crippen molar-refractivity contribution in [1.82, 2.24) is 0 Å². The minimum Gasteiger partial charge on any atom is -0.506 e. The third-order valence-corrected chi connectivity index (χ3v) is 5.34. The van der Waals surface area contributed by atoms with Crippen molar-refractivity contribution in [3.63, 3.8) is 0 Å². The summed E-state index contributed by atoms with van der Waals surface area (Å²) in [6.07, 6.45) is 2.31. The van der Waals surface area contributed by atoms with E-state index in [0.717, 1.165) is 11.3 Å². The quantitative estimate of drug-likeness (QED) is 0.450. The summed E-state index contributed by atoms with van der Waals surface area (Å²) in [7, 11) is -3.49. The fourth-order valence-corrected chi connectivity index (χ4v) is 3.28. The number of amides is 1. The lowest BCUT2D eigenvalue weighted by Gasteiger charge is -2.12. The first-order chi connectivity index (χ1) is 13.6. The highest BCUT2D eigenvalue weighted by molar-refractivity contribution is 7.90. The predicted octanol–water partition coefficient (Wildman–Crippen LogP) is 2.45. The minimum absolute atomic E-state index is 0.00214. The molecule has 2 aromatic carbocycles. The summed E-state index contributed by atoms with van der Waals surface area (Å²) in [6.45, 7) is 1.62. The molecule has 0 radical (unpaired) electrons. The van der Waals surface area contributed by atoms with E-state index in [1.807, 2.05) is 0 Å². The first-order valence-electron chi connectivity index (χ1n) is 8.28. The number of hydrazone groups is 1. The van der Waals surface area contributed by atoms with E-state index in [0.29, 0.717) is 11.4 Å². The van der Waals surface area contributed by atoms with Gasteiger partial charge in [0.15, 0.2) is 9.84 Å². The number of benzene rings is 2. The molecule has 29 heavy (non-hydrogen) atoms. The molecule has 150 valence electrons. The zero-order chi connectivity index (χ0) is 21.3. The Morgan fingerprint density at radius 1 is 1.24 bits per heavy atom. The van der Waals surface area contributed by atoms with Crippen LogP contribution >= 0.6 is 0 Å². The van der Waals surface area contributed by atoms with E-state index in [4.69, 9.17) is 0 Å². The molecule has 0 fully saturated rings. The van der Waals surface area contributed by atoms with Crippen LogP contribution in [0.1, 0.15) is 6.92 Å². The predicted molar refractivity (Wildman–Crippen MR) is 107 cm³/mol. The zero-order valence-electron chi connectivity index (χ0n) is 15.4. The monoisotopic (exact) mass is 416 g/mol. The van der Waals surface area contributed by atoms with Crippen LogP contribution in [-0.4, -0.2) is 42.5 Å². The van der Waals surface area contributed by atoms with Crippen LogP contribution in [0.5, 0.6) is 5.75 Å². The molecule has 1 aliphatic rings. The highest BCUT2D eigenvalue weighted by Crippen LogP contribution is 2.30. The summed E-state index contributed by atoms with van der Waals surface area (Å²) in [5.74, 6) is -1.49. The van der Waals surface area contributed by atoms with E-state index < -0.39 is 26.6 Å². The molecule has 2 aromatic rings. The number of carbonyl (C=O) groups excluding carboxylic acids is 1. The smallest absolute Gasteiger partial charge is 0.269 e. The molecular weight excluding hydrogens is 400 g/mol. The molecule has 1 aliphatic heterocycles. The van der Waals surface area contributed by atoms with Crippen LogP contribution < -0.4 is 5.01 Å². The van der Waals surface area contributed by atoms with Gasteiger partial charge in [0.05, 0.1) is 21.2 Å². The zero-order valence-corrected chi connectivity index (χ0v) is 16.2. The largest absolute Gasteiger partial charge is 0.506 e. The van der Waals surface area contributed by atoms with Gasteiger partial charge in [-0.05, 0) is 37.3 Å². The van der Waals surface area contributed by atoms with Crippen LogP contribution in [0.4, 0.5) is 17.1 Å². The van der Waals surface area contributed by atoms with Crippen LogP contribution in [0.2, 0.25) is 0 Å². The van der Waals surface area contributed by atoms with Crippen LogP contribution in [0, 0.1) is 16.0 Å². The van der Waals surface area contributed by atoms with Gasteiger partial charge in [-0.1, -0.05) is 0 Å². The van der Waals surface area contributed by atoms with Gasteiger partial charge in [-0.25, -0.2) is 8.42 Å². The molecule has 1 N–H and O–H groups in total. The van der Waals surface area contributed by atoms with E-state index >= 15 is 0 Å². The molecule has 0 aliphatic carbocycles. The maximum atomic E-state index is 12.7. The van der Waals surface area contributed by atoms with Crippen LogP contribution in [0.15, 0.2) is 57.5 Å².